The van der Waals surface area contributed by atoms with Gasteiger partial charge >= 0.3 is 5.97 Å². The molecule has 1 aliphatic rings. The average molecular weight is 167 g/mol. The van der Waals surface area contributed by atoms with Gasteiger partial charge in [0.15, 0.2) is 0 Å². The molecule has 0 saturated heterocycles. The number of carboxylic acids is 1. The lowest BCUT2D eigenvalue weighted by atomic mass is 9.62. The minimum absolute atomic E-state index is 0.00579. The maximum Gasteiger partial charge on any atom is 0.303 e. The Kier molecular flexibility index (Phi) is 2.37. The Balaban J connectivity index is 2.56. The number of carboxylic acid groups (broad SMARTS) is 1. The van der Waals surface area contributed by atoms with Gasteiger partial charge < -0.3 is 5.11 Å². The molecule has 1 saturated carbocycles. The highest BCUT2D eigenvalue weighted by atomic mass is 16.4. The topological polar surface area (TPSA) is 61.1 Å². The number of nitriles is 1. The highest BCUT2D eigenvalue weighted by molar-refractivity contribution is 5.67. The zero-order chi connectivity index (χ0) is 9.19. The van der Waals surface area contributed by atoms with Crippen LogP contribution in [0.1, 0.15) is 32.6 Å². The molecule has 0 amide bonds. The largest absolute Gasteiger partial charge is 0.481 e. The molecule has 3 nitrogen and oxygen atoms in total. The minimum Gasteiger partial charge on any atom is -0.481 e. The zero-order valence-corrected chi connectivity index (χ0v) is 7.21. The third-order valence-electron chi connectivity index (χ3n) is 2.89. The molecule has 3 heteroatoms. The van der Waals surface area contributed by atoms with E-state index in [9.17, 15) is 4.79 Å². The molecule has 1 atom stereocenters. The van der Waals surface area contributed by atoms with Gasteiger partial charge in [0.05, 0.1) is 11.5 Å². The summed E-state index contributed by atoms with van der Waals surface area (Å²) in [6.45, 7) is 1.86. The summed E-state index contributed by atoms with van der Waals surface area (Å²) in [6.07, 6.45) is 2.93. The van der Waals surface area contributed by atoms with Crippen molar-refractivity contribution in [2.45, 2.75) is 32.6 Å². The maximum absolute atomic E-state index is 10.4. The molecule has 0 aliphatic heterocycles. The molecular formula is C9H13NO2. The van der Waals surface area contributed by atoms with E-state index < -0.39 is 5.97 Å². The van der Waals surface area contributed by atoms with E-state index in [0.29, 0.717) is 0 Å². The van der Waals surface area contributed by atoms with Crippen molar-refractivity contribution in [3.8, 4) is 6.07 Å². The molecule has 0 aromatic heterocycles. The Morgan fingerprint density at radius 2 is 2.33 bits per heavy atom. The van der Waals surface area contributed by atoms with Crippen molar-refractivity contribution >= 4 is 5.97 Å². The second kappa shape index (κ2) is 3.14. The predicted octanol–water partition coefficient (Wildman–Crippen LogP) is 1.79. The van der Waals surface area contributed by atoms with Crippen molar-refractivity contribution in [3.05, 3.63) is 0 Å². The van der Waals surface area contributed by atoms with Gasteiger partial charge in [0.25, 0.3) is 0 Å². The van der Waals surface area contributed by atoms with Gasteiger partial charge in [-0.05, 0) is 18.8 Å². The molecule has 1 fully saturated rings. The minimum atomic E-state index is -0.802. The maximum atomic E-state index is 10.4. The Bertz CT molecular complexity index is 225. The Morgan fingerprint density at radius 3 is 2.58 bits per heavy atom. The molecule has 1 rings (SSSR count). The van der Waals surface area contributed by atoms with E-state index in [4.69, 9.17) is 10.4 Å². The van der Waals surface area contributed by atoms with E-state index in [1.165, 1.54) is 0 Å². The molecule has 0 aromatic carbocycles. The summed E-state index contributed by atoms with van der Waals surface area (Å²) in [4.78, 5) is 10.4. The number of carbonyl (C=O) groups is 1. The molecule has 0 spiro atoms. The zero-order valence-electron chi connectivity index (χ0n) is 7.21. The lowest BCUT2D eigenvalue weighted by Crippen LogP contribution is -2.35. The van der Waals surface area contributed by atoms with Crippen LogP contribution in [0.5, 0.6) is 0 Å². The Hall–Kier alpha value is -1.04. The van der Waals surface area contributed by atoms with E-state index in [2.05, 4.69) is 6.07 Å². The van der Waals surface area contributed by atoms with Gasteiger partial charge in [-0.1, -0.05) is 13.3 Å². The summed E-state index contributed by atoms with van der Waals surface area (Å²) in [7, 11) is 0. The van der Waals surface area contributed by atoms with E-state index in [-0.39, 0.29) is 17.8 Å². The summed E-state index contributed by atoms with van der Waals surface area (Å²) in [5.74, 6) is -0.808. The van der Waals surface area contributed by atoms with Crippen molar-refractivity contribution in [2.75, 3.05) is 0 Å². The number of hydrogen-bond acceptors (Lipinski definition) is 2. The first-order valence-corrected chi connectivity index (χ1v) is 4.24. The number of hydrogen-bond donors (Lipinski definition) is 1. The summed E-state index contributed by atoms with van der Waals surface area (Å²) in [6, 6.07) is 2.26. The highest BCUT2D eigenvalue weighted by Gasteiger charge is 2.42. The lowest BCUT2D eigenvalue weighted by molar-refractivity contribution is -0.139. The monoisotopic (exact) mass is 167 g/mol. The highest BCUT2D eigenvalue weighted by Crippen LogP contribution is 2.47. The molecule has 0 heterocycles. The first-order chi connectivity index (χ1) is 5.60. The standard InChI is InChI=1S/C9H13NO2/c1-7(5-8(11)12)9(6-10)3-2-4-9/h7H,2-5H2,1H3,(H,11,12). The molecule has 12 heavy (non-hydrogen) atoms. The molecule has 0 radical (unpaired) electrons. The average Bonchev–Trinajstić information content (AvgIpc) is 1.83. The van der Waals surface area contributed by atoms with Crippen LogP contribution in [-0.4, -0.2) is 11.1 Å². The van der Waals surface area contributed by atoms with Crippen LogP contribution in [0.2, 0.25) is 0 Å². The Labute approximate surface area is 72.0 Å². The van der Waals surface area contributed by atoms with E-state index in [1.807, 2.05) is 6.92 Å². The van der Waals surface area contributed by atoms with E-state index in [1.54, 1.807) is 0 Å². The molecule has 66 valence electrons. The third-order valence-corrected chi connectivity index (χ3v) is 2.89. The molecule has 0 bridgehead atoms. The Morgan fingerprint density at radius 1 is 1.75 bits per heavy atom. The van der Waals surface area contributed by atoms with Crippen LogP contribution >= 0.6 is 0 Å². The van der Waals surface area contributed by atoms with Crippen LogP contribution < -0.4 is 0 Å². The smallest absolute Gasteiger partial charge is 0.303 e. The van der Waals surface area contributed by atoms with Gasteiger partial charge in [-0.3, -0.25) is 4.79 Å². The van der Waals surface area contributed by atoms with Crippen LogP contribution in [0.3, 0.4) is 0 Å². The van der Waals surface area contributed by atoms with Gasteiger partial charge in [0, 0.05) is 6.42 Å². The van der Waals surface area contributed by atoms with Gasteiger partial charge in [-0.25, -0.2) is 0 Å². The fourth-order valence-corrected chi connectivity index (χ4v) is 1.73. The fraction of sp³-hybridized carbons (Fsp3) is 0.778. The lowest BCUT2D eigenvalue weighted by Gasteiger charge is -2.39. The van der Waals surface area contributed by atoms with Crippen LogP contribution in [0.4, 0.5) is 0 Å². The summed E-state index contributed by atoms with van der Waals surface area (Å²) >= 11 is 0. The number of nitrogens with zero attached hydrogens (tertiary/aromatic N) is 1. The number of rotatable bonds is 3. The van der Waals surface area contributed by atoms with Crippen molar-refractivity contribution < 1.29 is 9.90 Å². The van der Waals surface area contributed by atoms with Gasteiger partial charge in [-0.15, -0.1) is 0 Å². The molecule has 0 aromatic rings. The van der Waals surface area contributed by atoms with Gasteiger partial charge in [0.1, 0.15) is 0 Å². The first-order valence-electron chi connectivity index (χ1n) is 4.24. The van der Waals surface area contributed by atoms with Gasteiger partial charge in [-0.2, -0.15) is 5.26 Å². The quantitative estimate of drug-likeness (QED) is 0.697. The third kappa shape index (κ3) is 1.42. The SMILES string of the molecule is CC(CC(=O)O)C1(C#N)CCC1. The second-order valence-electron chi connectivity index (χ2n) is 3.62. The molecule has 1 aliphatic carbocycles. The van der Waals surface area contributed by atoms with E-state index >= 15 is 0 Å². The van der Waals surface area contributed by atoms with Crippen molar-refractivity contribution in [3.63, 3.8) is 0 Å². The second-order valence-corrected chi connectivity index (χ2v) is 3.62. The molecule has 1 N–H and O–H groups in total. The first kappa shape index (κ1) is 9.05. The van der Waals surface area contributed by atoms with Crippen LogP contribution in [-0.2, 0) is 4.79 Å². The number of aliphatic carboxylic acids is 1. The van der Waals surface area contributed by atoms with Crippen LogP contribution in [0.25, 0.3) is 0 Å². The summed E-state index contributed by atoms with van der Waals surface area (Å²) in [5.41, 5.74) is -0.321. The molecular weight excluding hydrogens is 154 g/mol. The van der Waals surface area contributed by atoms with Crippen LogP contribution in [0, 0.1) is 22.7 Å². The summed E-state index contributed by atoms with van der Waals surface area (Å²) < 4.78 is 0. The summed E-state index contributed by atoms with van der Waals surface area (Å²) in [5, 5.41) is 17.4. The van der Waals surface area contributed by atoms with Crippen molar-refractivity contribution in [1.29, 1.82) is 5.26 Å². The van der Waals surface area contributed by atoms with E-state index in [0.717, 1.165) is 19.3 Å². The van der Waals surface area contributed by atoms with Crippen molar-refractivity contribution in [2.24, 2.45) is 11.3 Å². The van der Waals surface area contributed by atoms with Crippen molar-refractivity contribution in [1.82, 2.24) is 0 Å². The fourth-order valence-electron chi connectivity index (χ4n) is 1.73. The normalized spacial score (nSPS) is 22.0. The molecule has 1 unspecified atom stereocenters. The van der Waals surface area contributed by atoms with Crippen LogP contribution in [0.15, 0.2) is 0 Å². The predicted molar refractivity (Wildman–Crippen MR) is 43.3 cm³/mol. The van der Waals surface area contributed by atoms with Gasteiger partial charge in [0.2, 0.25) is 0 Å².